The molecule has 0 heterocycles. The lowest BCUT2D eigenvalue weighted by Gasteiger charge is -2.07. The topological polar surface area (TPSA) is 66.4 Å². The number of hydrogen-bond acceptors (Lipinski definition) is 2. The van der Waals surface area contributed by atoms with Crippen LogP contribution in [-0.4, -0.2) is 23.5 Å². The lowest BCUT2D eigenvalue weighted by Crippen LogP contribution is -2.28. The van der Waals surface area contributed by atoms with Gasteiger partial charge in [-0.15, -0.1) is 0 Å². The van der Waals surface area contributed by atoms with Crippen LogP contribution in [0.5, 0.6) is 0 Å². The highest BCUT2D eigenvalue weighted by Crippen LogP contribution is 2.38. The summed E-state index contributed by atoms with van der Waals surface area (Å²) >= 11 is 0. The maximum absolute atomic E-state index is 12.9. The van der Waals surface area contributed by atoms with Crippen molar-refractivity contribution in [1.29, 1.82) is 0 Å². The van der Waals surface area contributed by atoms with Crippen LogP contribution in [0.1, 0.15) is 17.5 Å². The summed E-state index contributed by atoms with van der Waals surface area (Å²) < 4.78 is 12.9. The van der Waals surface area contributed by atoms with Crippen LogP contribution in [0.2, 0.25) is 0 Å². The molecule has 0 spiro atoms. The highest BCUT2D eigenvalue weighted by molar-refractivity contribution is 5.89. The number of carboxylic acid groups (broad SMARTS) is 1. The molecule has 0 unspecified atom stereocenters. The van der Waals surface area contributed by atoms with E-state index in [9.17, 15) is 14.0 Å². The van der Waals surface area contributed by atoms with Gasteiger partial charge < -0.3 is 10.4 Å². The van der Waals surface area contributed by atoms with Crippen LogP contribution in [0.25, 0.3) is 0 Å². The van der Waals surface area contributed by atoms with E-state index in [4.69, 9.17) is 5.11 Å². The Balaban J connectivity index is 1.78. The van der Waals surface area contributed by atoms with Gasteiger partial charge in [0.1, 0.15) is 5.82 Å². The van der Waals surface area contributed by atoms with E-state index in [1.807, 2.05) is 6.92 Å². The third kappa shape index (κ3) is 3.30. The van der Waals surface area contributed by atoms with Crippen LogP contribution >= 0.6 is 0 Å². The quantitative estimate of drug-likeness (QED) is 0.848. The number of rotatable bonds is 5. The Hall–Kier alpha value is -1.91. The Morgan fingerprint density at radius 3 is 2.74 bits per heavy atom. The molecule has 2 atom stereocenters. The second-order valence-electron chi connectivity index (χ2n) is 4.90. The molecule has 1 amide bonds. The summed E-state index contributed by atoms with van der Waals surface area (Å²) in [5.41, 5.74) is 1.83. The SMILES string of the molecule is Cc1cc(F)ccc1CCNC(=O)[C@@H]1C[C@@H]1C(=O)O. The van der Waals surface area contributed by atoms with Crippen LogP contribution < -0.4 is 5.32 Å². The Morgan fingerprint density at radius 2 is 2.16 bits per heavy atom. The fraction of sp³-hybridized carbons (Fsp3) is 0.429. The maximum Gasteiger partial charge on any atom is 0.307 e. The van der Waals surface area contributed by atoms with Gasteiger partial charge in [-0.25, -0.2) is 4.39 Å². The molecule has 1 aliphatic rings. The number of aryl methyl sites for hydroxylation is 1. The van der Waals surface area contributed by atoms with Crippen molar-refractivity contribution < 1.29 is 19.1 Å². The molecule has 0 aromatic heterocycles. The number of carbonyl (C=O) groups excluding carboxylic acids is 1. The monoisotopic (exact) mass is 265 g/mol. The van der Waals surface area contributed by atoms with Crippen LogP contribution in [0.15, 0.2) is 18.2 Å². The summed E-state index contributed by atoms with van der Waals surface area (Å²) in [6.45, 7) is 2.26. The number of amides is 1. The fourth-order valence-corrected chi connectivity index (χ4v) is 2.15. The number of benzene rings is 1. The molecule has 19 heavy (non-hydrogen) atoms. The van der Waals surface area contributed by atoms with Gasteiger partial charge in [0.15, 0.2) is 0 Å². The number of nitrogens with one attached hydrogen (secondary N) is 1. The van der Waals surface area contributed by atoms with E-state index < -0.39 is 11.9 Å². The Labute approximate surface area is 110 Å². The Bertz CT molecular complexity index is 515. The minimum Gasteiger partial charge on any atom is -0.481 e. The Morgan fingerprint density at radius 1 is 1.42 bits per heavy atom. The molecule has 0 radical (unpaired) electrons. The third-order valence-electron chi connectivity index (χ3n) is 3.44. The largest absolute Gasteiger partial charge is 0.481 e. The first-order valence-electron chi connectivity index (χ1n) is 6.24. The molecule has 5 heteroatoms. The summed E-state index contributed by atoms with van der Waals surface area (Å²) in [5.74, 6) is -2.28. The predicted molar refractivity (Wildman–Crippen MR) is 67.1 cm³/mol. The molecule has 1 fully saturated rings. The fourth-order valence-electron chi connectivity index (χ4n) is 2.15. The molecule has 1 aliphatic carbocycles. The first-order chi connectivity index (χ1) is 8.99. The molecule has 4 nitrogen and oxygen atoms in total. The summed E-state index contributed by atoms with van der Waals surface area (Å²) in [6, 6.07) is 4.55. The van der Waals surface area contributed by atoms with Gasteiger partial charge in [0.2, 0.25) is 5.91 Å². The number of carbonyl (C=O) groups is 2. The van der Waals surface area contributed by atoms with E-state index in [1.165, 1.54) is 12.1 Å². The predicted octanol–water partition coefficient (Wildman–Crippen LogP) is 1.51. The molecule has 1 aromatic carbocycles. The van der Waals surface area contributed by atoms with Crippen LogP contribution in [-0.2, 0) is 16.0 Å². The Kier molecular flexibility index (Phi) is 3.83. The molecule has 0 aliphatic heterocycles. The van der Waals surface area contributed by atoms with Crippen molar-refractivity contribution >= 4 is 11.9 Å². The molecular weight excluding hydrogens is 249 g/mol. The first kappa shape index (κ1) is 13.5. The van der Waals surface area contributed by atoms with Gasteiger partial charge in [-0.3, -0.25) is 9.59 Å². The van der Waals surface area contributed by atoms with Gasteiger partial charge in [0, 0.05) is 6.54 Å². The smallest absolute Gasteiger partial charge is 0.307 e. The molecule has 1 aromatic rings. The summed E-state index contributed by atoms with van der Waals surface area (Å²) in [5, 5.41) is 11.4. The number of carboxylic acids is 1. The van der Waals surface area contributed by atoms with Gasteiger partial charge in [-0.05, 0) is 43.0 Å². The van der Waals surface area contributed by atoms with Crippen molar-refractivity contribution in [2.45, 2.75) is 19.8 Å². The van der Waals surface area contributed by atoms with Crippen molar-refractivity contribution in [2.75, 3.05) is 6.54 Å². The minimum atomic E-state index is -0.908. The van der Waals surface area contributed by atoms with Crippen LogP contribution in [0, 0.1) is 24.6 Å². The first-order valence-corrected chi connectivity index (χ1v) is 6.24. The molecule has 0 bridgehead atoms. The van der Waals surface area contributed by atoms with Crippen molar-refractivity contribution in [1.82, 2.24) is 5.32 Å². The third-order valence-corrected chi connectivity index (χ3v) is 3.44. The van der Waals surface area contributed by atoms with E-state index in [1.54, 1.807) is 6.07 Å². The molecular formula is C14H16FNO3. The average Bonchev–Trinajstić information content (AvgIpc) is 3.12. The standard InChI is InChI=1S/C14H16FNO3/c1-8-6-10(15)3-2-9(8)4-5-16-13(17)11-7-12(11)14(18)19/h2-3,6,11-12H,4-5,7H2,1H3,(H,16,17)(H,18,19)/t11-,12+/m1/s1. The maximum atomic E-state index is 12.9. The van der Waals surface area contributed by atoms with Gasteiger partial charge in [0.05, 0.1) is 11.8 Å². The van der Waals surface area contributed by atoms with E-state index in [2.05, 4.69) is 5.32 Å². The van der Waals surface area contributed by atoms with Crippen molar-refractivity contribution in [3.63, 3.8) is 0 Å². The van der Waals surface area contributed by atoms with Crippen LogP contribution in [0.4, 0.5) is 4.39 Å². The number of aliphatic carboxylic acids is 1. The van der Waals surface area contributed by atoms with E-state index >= 15 is 0 Å². The molecule has 0 saturated heterocycles. The molecule has 102 valence electrons. The molecule has 2 rings (SSSR count). The van der Waals surface area contributed by atoms with E-state index in [-0.39, 0.29) is 17.6 Å². The second kappa shape index (κ2) is 5.38. The normalized spacial score (nSPS) is 20.9. The lowest BCUT2D eigenvalue weighted by atomic mass is 10.1. The van der Waals surface area contributed by atoms with Gasteiger partial charge >= 0.3 is 5.97 Å². The number of halogens is 1. The summed E-state index contributed by atoms with van der Waals surface area (Å²) in [4.78, 5) is 22.2. The van der Waals surface area contributed by atoms with Crippen LogP contribution in [0.3, 0.4) is 0 Å². The van der Waals surface area contributed by atoms with Crippen molar-refractivity contribution in [3.8, 4) is 0 Å². The zero-order valence-electron chi connectivity index (χ0n) is 10.6. The number of hydrogen-bond donors (Lipinski definition) is 2. The second-order valence-corrected chi connectivity index (χ2v) is 4.90. The van der Waals surface area contributed by atoms with Gasteiger partial charge in [0.25, 0.3) is 0 Å². The van der Waals surface area contributed by atoms with Gasteiger partial charge in [-0.2, -0.15) is 0 Å². The summed E-state index contributed by atoms with van der Waals surface area (Å²) in [6.07, 6.45) is 1.04. The molecule has 2 N–H and O–H groups in total. The zero-order valence-corrected chi connectivity index (χ0v) is 10.6. The van der Waals surface area contributed by atoms with E-state index in [0.29, 0.717) is 19.4 Å². The van der Waals surface area contributed by atoms with Crippen molar-refractivity contribution in [3.05, 3.63) is 35.1 Å². The van der Waals surface area contributed by atoms with E-state index in [0.717, 1.165) is 11.1 Å². The highest BCUT2D eigenvalue weighted by Gasteiger charge is 2.48. The molecule has 1 saturated carbocycles. The van der Waals surface area contributed by atoms with Crippen molar-refractivity contribution in [2.24, 2.45) is 11.8 Å². The summed E-state index contributed by atoms with van der Waals surface area (Å²) in [7, 11) is 0. The van der Waals surface area contributed by atoms with Gasteiger partial charge in [-0.1, -0.05) is 6.07 Å². The highest BCUT2D eigenvalue weighted by atomic mass is 19.1. The average molecular weight is 265 g/mol. The minimum absolute atomic E-state index is 0.202. The lowest BCUT2D eigenvalue weighted by molar-refractivity contribution is -0.140. The zero-order chi connectivity index (χ0) is 14.0.